The van der Waals surface area contributed by atoms with E-state index in [2.05, 4.69) is 0 Å². The first kappa shape index (κ1) is 9.16. The molecule has 0 unspecified atom stereocenters. The van der Waals surface area contributed by atoms with Crippen molar-refractivity contribution in [3.63, 3.8) is 0 Å². The van der Waals surface area contributed by atoms with Crippen LogP contribution in [0.1, 0.15) is 39.0 Å². The van der Waals surface area contributed by atoms with Crippen LogP contribution in [0.25, 0.3) is 0 Å². The molecule has 1 spiro atoms. The molecule has 74 valence electrons. The lowest BCUT2D eigenvalue weighted by atomic mass is 9.94. The molecule has 0 aromatic carbocycles. The smallest absolute Gasteiger partial charge is 0.169 e. The molecule has 3 nitrogen and oxygen atoms in total. The van der Waals surface area contributed by atoms with Crippen LogP contribution in [-0.2, 0) is 14.3 Å². The summed E-state index contributed by atoms with van der Waals surface area (Å²) in [6.07, 6.45) is 6.29. The molecule has 3 heteroatoms. The van der Waals surface area contributed by atoms with Gasteiger partial charge in [-0.3, -0.25) is 0 Å². The van der Waals surface area contributed by atoms with Crippen molar-refractivity contribution in [3.05, 3.63) is 0 Å². The summed E-state index contributed by atoms with van der Waals surface area (Å²) >= 11 is 0. The van der Waals surface area contributed by atoms with E-state index >= 15 is 0 Å². The lowest BCUT2D eigenvalue weighted by molar-refractivity contribution is -0.199. The second-order valence-corrected chi connectivity index (χ2v) is 4.29. The Morgan fingerprint density at radius 3 is 2.46 bits per heavy atom. The minimum absolute atomic E-state index is 0.413. The summed E-state index contributed by atoms with van der Waals surface area (Å²) in [5.74, 6) is -0.423. The van der Waals surface area contributed by atoms with E-state index in [1.54, 1.807) is 6.92 Å². The Balaban J connectivity index is 2.06. The van der Waals surface area contributed by atoms with Gasteiger partial charge in [0.2, 0.25) is 0 Å². The van der Waals surface area contributed by atoms with Crippen LogP contribution in [0.15, 0.2) is 0 Å². The summed E-state index contributed by atoms with van der Waals surface area (Å²) in [6, 6.07) is 0. The van der Waals surface area contributed by atoms with Gasteiger partial charge in [0.15, 0.2) is 12.1 Å². The van der Waals surface area contributed by atoms with Crippen molar-refractivity contribution in [2.75, 3.05) is 6.61 Å². The first-order valence-electron chi connectivity index (χ1n) is 4.99. The zero-order chi connectivity index (χ0) is 9.36. The zero-order valence-electron chi connectivity index (χ0n) is 8.04. The van der Waals surface area contributed by atoms with Gasteiger partial charge in [-0.15, -0.1) is 0 Å². The van der Waals surface area contributed by atoms with Crippen molar-refractivity contribution in [2.45, 2.75) is 50.4 Å². The molecule has 1 aliphatic carbocycles. The molecule has 2 fully saturated rings. The quantitative estimate of drug-likeness (QED) is 0.581. The minimum Gasteiger partial charge on any atom is -0.346 e. The summed E-state index contributed by atoms with van der Waals surface area (Å²) in [5, 5.41) is 0. The monoisotopic (exact) mass is 184 g/mol. The van der Waals surface area contributed by atoms with Crippen LogP contribution in [0.3, 0.4) is 0 Å². The van der Waals surface area contributed by atoms with Crippen LogP contribution in [0.2, 0.25) is 0 Å². The van der Waals surface area contributed by atoms with E-state index in [-0.39, 0.29) is 0 Å². The van der Waals surface area contributed by atoms with Crippen LogP contribution >= 0.6 is 0 Å². The van der Waals surface area contributed by atoms with Gasteiger partial charge in [-0.05, 0) is 19.8 Å². The van der Waals surface area contributed by atoms with E-state index in [0.29, 0.717) is 6.61 Å². The minimum atomic E-state index is -0.697. The molecule has 0 amide bonds. The third-order valence-corrected chi connectivity index (χ3v) is 2.91. The van der Waals surface area contributed by atoms with Crippen LogP contribution in [-0.4, -0.2) is 24.3 Å². The molecule has 1 saturated heterocycles. The van der Waals surface area contributed by atoms with Gasteiger partial charge >= 0.3 is 0 Å². The number of hydrogen-bond donors (Lipinski definition) is 0. The molecule has 1 atom stereocenters. The number of hydrogen-bond acceptors (Lipinski definition) is 3. The highest BCUT2D eigenvalue weighted by atomic mass is 16.8. The largest absolute Gasteiger partial charge is 0.346 e. The second kappa shape index (κ2) is 3.07. The van der Waals surface area contributed by atoms with E-state index in [0.717, 1.165) is 32.0 Å². The van der Waals surface area contributed by atoms with Gasteiger partial charge in [0.1, 0.15) is 5.60 Å². The first-order valence-corrected chi connectivity index (χ1v) is 4.99. The fourth-order valence-electron chi connectivity index (χ4n) is 2.15. The van der Waals surface area contributed by atoms with Crippen LogP contribution in [0.5, 0.6) is 0 Å². The SMILES string of the molecule is C[C@@]1(C=O)COC2(CCCCC2)O1. The highest BCUT2D eigenvalue weighted by Crippen LogP contribution is 2.40. The average molecular weight is 184 g/mol. The topological polar surface area (TPSA) is 35.5 Å². The number of carbonyl (C=O) groups excluding carboxylic acids is 1. The zero-order valence-corrected chi connectivity index (χ0v) is 8.04. The Morgan fingerprint density at radius 1 is 1.23 bits per heavy atom. The first-order chi connectivity index (χ1) is 6.18. The van der Waals surface area contributed by atoms with Crippen molar-refractivity contribution >= 4 is 6.29 Å². The molecule has 2 aliphatic rings. The van der Waals surface area contributed by atoms with Crippen LogP contribution in [0, 0.1) is 0 Å². The van der Waals surface area contributed by atoms with Crippen LogP contribution in [0.4, 0.5) is 0 Å². The van der Waals surface area contributed by atoms with Gasteiger partial charge in [0.05, 0.1) is 6.61 Å². The molecule has 1 aliphatic heterocycles. The maximum Gasteiger partial charge on any atom is 0.169 e. The third kappa shape index (κ3) is 1.63. The summed E-state index contributed by atoms with van der Waals surface area (Å²) in [7, 11) is 0. The van der Waals surface area contributed by atoms with Crippen molar-refractivity contribution in [2.24, 2.45) is 0 Å². The Hall–Kier alpha value is -0.410. The van der Waals surface area contributed by atoms with Crippen molar-refractivity contribution in [3.8, 4) is 0 Å². The van der Waals surface area contributed by atoms with Gasteiger partial charge in [-0.1, -0.05) is 6.42 Å². The normalized spacial score (nSPS) is 37.9. The van der Waals surface area contributed by atoms with Gasteiger partial charge in [-0.25, -0.2) is 0 Å². The molecule has 2 rings (SSSR count). The van der Waals surface area contributed by atoms with Gasteiger partial charge in [0.25, 0.3) is 0 Å². The van der Waals surface area contributed by atoms with Crippen LogP contribution < -0.4 is 0 Å². The number of carbonyl (C=O) groups is 1. The van der Waals surface area contributed by atoms with Crippen molar-refractivity contribution in [1.29, 1.82) is 0 Å². The highest BCUT2D eigenvalue weighted by Gasteiger charge is 2.48. The van der Waals surface area contributed by atoms with E-state index in [1.807, 2.05) is 0 Å². The van der Waals surface area contributed by atoms with Crippen molar-refractivity contribution < 1.29 is 14.3 Å². The molecule has 0 radical (unpaired) electrons. The van der Waals surface area contributed by atoms with E-state index in [1.165, 1.54) is 6.42 Å². The third-order valence-electron chi connectivity index (χ3n) is 2.91. The fraction of sp³-hybridized carbons (Fsp3) is 0.900. The lowest BCUT2D eigenvalue weighted by Crippen LogP contribution is -2.37. The molecule has 0 aromatic heterocycles. The van der Waals surface area contributed by atoms with Crippen molar-refractivity contribution in [1.82, 2.24) is 0 Å². The van der Waals surface area contributed by atoms with E-state index in [4.69, 9.17) is 9.47 Å². The fourth-order valence-corrected chi connectivity index (χ4v) is 2.15. The van der Waals surface area contributed by atoms with Gasteiger partial charge in [-0.2, -0.15) is 0 Å². The molecule has 1 heterocycles. The van der Waals surface area contributed by atoms with E-state index in [9.17, 15) is 4.79 Å². The maximum absolute atomic E-state index is 10.7. The number of aldehydes is 1. The summed E-state index contributed by atoms with van der Waals surface area (Å²) in [6.45, 7) is 2.21. The predicted molar refractivity (Wildman–Crippen MR) is 47.3 cm³/mol. The maximum atomic E-state index is 10.7. The Morgan fingerprint density at radius 2 is 1.92 bits per heavy atom. The molecule has 0 bridgehead atoms. The standard InChI is InChI=1S/C10H16O3/c1-9(7-11)8-12-10(13-9)5-3-2-4-6-10/h7H,2-6,8H2,1H3/t9-/m1/s1. The summed E-state index contributed by atoms with van der Waals surface area (Å²) < 4.78 is 11.4. The Kier molecular flexibility index (Phi) is 2.16. The Bertz CT molecular complexity index is 208. The highest BCUT2D eigenvalue weighted by molar-refractivity contribution is 5.62. The van der Waals surface area contributed by atoms with Gasteiger partial charge < -0.3 is 14.3 Å². The molecule has 0 aromatic rings. The van der Waals surface area contributed by atoms with Gasteiger partial charge in [0, 0.05) is 12.8 Å². The molecule has 0 N–H and O–H groups in total. The summed E-state index contributed by atoms with van der Waals surface area (Å²) in [4.78, 5) is 10.7. The molecular weight excluding hydrogens is 168 g/mol. The average Bonchev–Trinajstić information content (AvgIpc) is 2.47. The predicted octanol–water partition coefficient (Wildman–Crippen LogP) is 1.65. The molecular formula is C10H16O3. The van der Waals surface area contributed by atoms with E-state index < -0.39 is 11.4 Å². The summed E-state index contributed by atoms with van der Waals surface area (Å²) in [5.41, 5.74) is -0.697. The number of rotatable bonds is 1. The molecule has 1 saturated carbocycles. The Labute approximate surface area is 78.4 Å². The number of ether oxygens (including phenoxy) is 2. The molecule has 13 heavy (non-hydrogen) atoms. The second-order valence-electron chi connectivity index (χ2n) is 4.29. The lowest BCUT2D eigenvalue weighted by Gasteiger charge is -2.32.